The Hall–Kier alpha value is -2.56. The largest absolute Gasteiger partial charge is 0.492 e. The first-order valence-corrected chi connectivity index (χ1v) is 6.39. The summed E-state index contributed by atoms with van der Waals surface area (Å²) in [6, 6.07) is 12.9. The van der Waals surface area contributed by atoms with Crippen molar-refractivity contribution in [3.05, 3.63) is 54.4 Å². The van der Waals surface area contributed by atoms with Gasteiger partial charge in [0.15, 0.2) is 0 Å². The van der Waals surface area contributed by atoms with Gasteiger partial charge in [-0.25, -0.2) is 4.79 Å². The molecule has 2 rings (SSSR count). The van der Waals surface area contributed by atoms with Gasteiger partial charge in [0, 0.05) is 5.69 Å². The van der Waals surface area contributed by atoms with Crippen LogP contribution in [0.25, 0.3) is 0 Å². The number of urea groups is 1. The molecule has 0 fully saturated rings. The Bertz CT molecular complexity index is 541. The highest BCUT2D eigenvalue weighted by Crippen LogP contribution is 2.07. The van der Waals surface area contributed by atoms with Gasteiger partial charge >= 0.3 is 6.03 Å². The molecule has 2 aromatic rings. The van der Waals surface area contributed by atoms with Crippen molar-refractivity contribution in [1.29, 1.82) is 0 Å². The number of anilines is 1. The molecular weight excluding hydrogens is 254 g/mol. The predicted molar refractivity (Wildman–Crippen MR) is 77.9 cm³/mol. The van der Waals surface area contributed by atoms with Crippen molar-refractivity contribution in [3.8, 4) is 5.75 Å². The first-order chi connectivity index (χ1) is 9.74. The number of pyridine rings is 1. The maximum absolute atomic E-state index is 11.6. The molecule has 5 nitrogen and oxygen atoms in total. The number of rotatable bonds is 5. The number of hydrogen-bond acceptors (Lipinski definition) is 3. The second kappa shape index (κ2) is 7.13. The van der Waals surface area contributed by atoms with E-state index in [-0.39, 0.29) is 6.03 Å². The second-order valence-electron chi connectivity index (χ2n) is 4.23. The summed E-state index contributed by atoms with van der Waals surface area (Å²) in [5.74, 6) is 0.789. The summed E-state index contributed by atoms with van der Waals surface area (Å²) < 4.78 is 5.47. The maximum atomic E-state index is 11.6. The van der Waals surface area contributed by atoms with E-state index in [1.807, 2.05) is 49.4 Å². The van der Waals surface area contributed by atoms with Crippen LogP contribution in [0, 0.1) is 6.92 Å². The molecule has 0 atom stereocenters. The molecule has 2 amide bonds. The van der Waals surface area contributed by atoms with Gasteiger partial charge < -0.3 is 15.4 Å². The third kappa shape index (κ3) is 4.61. The molecule has 0 aliphatic carbocycles. The van der Waals surface area contributed by atoms with Gasteiger partial charge in [-0.2, -0.15) is 0 Å². The van der Waals surface area contributed by atoms with E-state index in [4.69, 9.17) is 4.74 Å². The Labute approximate surface area is 118 Å². The van der Waals surface area contributed by atoms with Crippen molar-refractivity contribution in [1.82, 2.24) is 10.3 Å². The first kappa shape index (κ1) is 13.9. The predicted octanol–water partition coefficient (Wildman–Crippen LogP) is 2.59. The quantitative estimate of drug-likeness (QED) is 0.822. The number of para-hydroxylation sites is 1. The SMILES string of the molecule is Cc1ccc(NC(=O)NCCOc2ccccc2)cn1. The van der Waals surface area contributed by atoms with Crippen molar-refractivity contribution in [2.45, 2.75) is 6.92 Å². The lowest BCUT2D eigenvalue weighted by molar-refractivity contribution is 0.247. The summed E-state index contributed by atoms with van der Waals surface area (Å²) in [5.41, 5.74) is 1.57. The minimum absolute atomic E-state index is 0.271. The minimum atomic E-state index is -0.271. The lowest BCUT2D eigenvalue weighted by atomic mass is 10.3. The number of carbonyl (C=O) groups is 1. The summed E-state index contributed by atoms with van der Waals surface area (Å²) >= 11 is 0. The van der Waals surface area contributed by atoms with E-state index >= 15 is 0 Å². The molecule has 1 aromatic carbocycles. The van der Waals surface area contributed by atoms with E-state index in [0.29, 0.717) is 18.8 Å². The zero-order valence-corrected chi connectivity index (χ0v) is 11.3. The highest BCUT2D eigenvalue weighted by Gasteiger charge is 2.01. The third-order valence-electron chi connectivity index (χ3n) is 2.57. The van der Waals surface area contributed by atoms with Gasteiger partial charge in [-0.05, 0) is 31.2 Å². The fourth-order valence-electron chi connectivity index (χ4n) is 1.57. The summed E-state index contributed by atoms with van der Waals surface area (Å²) in [6.45, 7) is 2.74. The molecule has 2 N–H and O–H groups in total. The van der Waals surface area contributed by atoms with Gasteiger partial charge in [0.2, 0.25) is 0 Å². The number of aromatic nitrogens is 1. The molecule has 0 saturated carbocycles. The number of nitrogens with one attached hydrogen (secondary N) is 2. The number of ether oxygens (including phenoxy) is 1. The first-order valence-electron chi connectivity index (χ1n) is 6.39. The van der Waals surface area contributed by atoms with Crippen molar-refractivity contribution in [2.75, 3.05) is 18.5 Å². The monoisotopic (exact) mass is 271 g/mol. The molecule has 0 bridgehead atoms. The Morgan fingerprint density at radius 2 is 2.00 bits per heavy atom. The zero-order chi connectivity index (χ0) is 14.2. The molecule has 0 aliphatic heterocycles. The van der Waals surface area contributed by atoms with E-state index in [1.165, 1.54) is 0 Å². The van der Waals surface area contributed by atoms with Gasteiger partial charge in [0.25, 0.3) is 0 Å². The molecule has 20 heavy (non-hydrogen) atoms. The number of amides is 2. The molecular formula is C15H17N3O2. The van der Waals surface area contributed by atoms with E-state index in [2.05, 4.69) is 15.6 Å². The van der Waals surface area contributed by atoms with E-state index in [9.17, 15) is 4.79 Å². The lowest BCUT2D eigenvalue weighted by Crippen LogP contribution is -2.32. The molecule has 1 aromatic heterocycles. The average molecular weight is 271 g/mol. The summed E-state index contributed by atoms with van der Waals surface area (Å²) in [6.07, 6.45) is 1.62. The number of nitrogens with zero attached hydrogens (tertiary/aromatic N) is 1. The topological polar surface area (TPSA) is 63.2 Å². The molecule has 1 heterocycles. The third-order valence-corrected chi connectivity index (χ3v) is 2.57. The highest BCUT2D eigenvalue weighted by molar-refractivity contribution is 5.88. The molecule has 0 aliphatic rings. The van der Waals surface area contributed by atoms with Crippen LogP contribution in [0.15, 0.2) is 48.7 Å². The zero-order valence-electron chi connectivity index (χ0n) is 11.3. The van der Waals surface area contributed by atoms with Crippen LogP contribution in [0.4, 0.5) is 10.5 Å². The van der Waals surface area contributed by atoms with Crippen LogP contribution >= 0.6 is 0 Å². The number of hydrogen-bond donors (Lipinski definition) is 2. The van der Waals surface area contributed by atoms with Crippen LogP contribution in [0.5, 0.6) is 5.75 Å². The average Bonchev–Trinajstić information content (AvgIpc) is 2.47. The van der Waals surface area contributed by atoms with Crippen LogP contribution < -0.4 is 15.4 Å². The number of carbonyl (C=O) groups excluding carboxylic acids is 1. The molecule has 0 saturated heterocycles. The molecule has 0 radical (unpaired) electrons. The standard InChI is InChI=1S/C15H17N3O2/c1-12-7-8-13(11-17-12)18-15(19)16-9-10-20-14-5-3-2-4-6-14/h2-8,11H,9-10H2,1H3,(H2,16,18,19). The molecule has 5 heteroatoms. The maximum Gasteiger partial charge on any atom is 0.319 e. The van der Waals surface area contributed by atoms with Crippen molar-refractivity contribution in [2.24, 2.45) is 0 Å². The van der Waals surface area contributed by atoms with Gasteiger partial charge in [0.1, 0.15) is 12.4 Å². The Balaban J connectivity index is 1.66. The summed E-state index contributed by atoms with van der Waals surface area (Å²) in [7, 11) is 0. The Morgan fingerprint density at radius 3 is 2.70 bits per heavy atom. The fourth-order valence-corrected chi connectivity index (χ4v) is 1.57. The van der Waals surface area contributed by atoms with Gasteiger partial charge in [-0.1, -0.05) is 18.2 Å². The van der Waals surface area contributed by atoms with Crippen molar-refractivity contribution in [3.63, 3.8) is 0 Å². The van der Waals surface area contributed by atoms with E-state index in [0.717, 1.165) is 11.4 Å². The Kier molecular flexibility index (Phi) is 4.94. The minimum Gasteiger partial charge on any atom is -0.492 e. The van der Waals surface area contributed by atoms with Crippen LogP contribution in [0.3, 0.4) is 0 Å². The number of benzene rings is 1. The van der Waals surface area contributed by atoms with Crippen LogP contribution in [-0.2, 0) is 0 Å². The smallest absolute Gasteiger partial charge is 0.319 e. The molecule has 104 valence electrons. The van der Waals surface area contributed by atoms with Gasteiger partial charge in [-0.15, -0.1) is 0 Å². The lowest BCUT2D eigenvalue weighted by Gasteiger charge is -2.09. The van der Waals surface area contributed by atoms with Crippen LogP contribution in [0.2, 0.25) is 0 Å². The van der Waals surface area contributed by atoms with E-state index in [1.54, 1.807) is 6.20 Å². The highest BCUT2D eigenvalue weighted by atomic mass is 16.5. The molecule has 0 unspecified atom stereocenters. The van der Waals surface area contributed by atoms with Crippen molar-refractivity contribution >= 4 is 11.7 Å². The van der Waals surface area contributed by atoms with E-state index < -0.39 is 0 Å². The van der Waals surface area contributed by atoms with Crippen LogP contribution in [0.1, 0.15) is 5.69 Å². The number of aryl methyl sites for hydroxylation is 1. The van der Waals surface area contributed by atoms with Gasteiger partial charge in [0.05, 0.1) is 18.4 Å². The summed E-state index contributed by atoms with van der Waals surface area (Å²) in [4.78, 5) is 15.7. The molecule has 0 spiro atoms. The Morgan fingerprint density at radius 1 is 1.20 bits per heavy atom. The second-order valence-corrected chi connectivity index (χ2v) is 4.23. The summed E-state index contributed by atoms with van der Waals surface area (Å²) in [5, 5.41) is 5.41. The fraction of sp³-hybridized carbons (Fsp3) is 0.200. The van der Waals surface area contributed by atoms with Gasteiger partial charge in [-0.3, -0.25) is 4.98 Å². The normalized spacial score (nSPS) is 9.85. The van der Waals surface area contributed by atoms with Crippen molar-refractivity contribution < 1.29 is 9.53 Å². The van der Waals surface area contributed by atoms with Crippen LogP contribution in [-0.4, -0.2) is 24.2 Å².